The summed E-state index contributed by atoms with van der Waals surface area (Å²) in [4.78, 5) is 24.8. The molecule has 0 radical (unpaired) electrons. The lowest BCUT2D eigenvalue weighted by Gasteiger charge is -2.20. The highest BCUT2D eigenvalue weighted by Crippen LogP contribution is 2.36. The van der Waals surface area contributed by atoms with E-state index in [1.54, 1.807) is 0 Å². The number of aryl methyl sites for hydroxylation is 1. The topological polar surface area (TPSA) is 105 Å². The molecule has 0 unspecified atom stereocenters. The number of rotatable bonds is 2. The first-order valence-corrected chi connectivity index (χ1v) is 5.35. The standard InChI is InChI=1S/C10H13FN2O5/c1-5-3-13(9(17)12-8(5)16)7-2-6(15)10(11,4-14)18-7/h3,6-7,14-15H,2,4H2,1H3,(H,12,16,17)/t6-,7+,10+/m0/s1. The Bertz CT molecular complexity index is 568. The minimum absolute atomic E-state index is 0.192. The van der Waals surface area contributed by atoms with Gasteiger partial charge >= 0.3 is 5.69 Å². The third-order valence-corrected chi connectivity index (χ3v) is 2.93. The molecule has 1 aromatic rings. The van der Waals surface area contributed by atoms with Gasteiger partial charge in [-0.15, -0.1) is 0 Å². The summed E-state index contributed by atoms with van der Waals surface area (Å²) < 4.78 is 19.6. The molecule has 0 aliphatic carbocycles. The Morgan fingerprint density at radius 3 is 2.89 bits per heavy atom. The molecule has 3 atom stereocenters. The van der Waals surface area contributed by atoms with Gasteiger partial charge < -0.3 is 14.9 Å². The van der Waals surface area contributed by atoms with Crippen LogP contribution >= 0.6 is 0 Å². The Morgan fingerprint density at radius 2 is 2.33 bits per heavy atom. The largest absolute Gasteiger partial charge is 0.390 e. The summed E-state index contributed by atoms with van der Waals surface area (Å²) in [5, 5.41) is 18.3. The van der Waals surface area contributed by atoms with Crippen molar-refractivity contribution in [3.8, 4) is 0 Å². The van der Waals surface area contributed by atoms with Crippen molar-refractivity contribution < 1.29 is 19.3 Å². The summed E-state index contributed by atoms with van der Waals surface area (Å²) >= 11 is 0. The quantitative estimate of drug-likeness (QED) is 0.618. The number of aromatic nitrogens is 2. The Balaban J connectivity index is 2.38. The molecule has 0 saturated carbocycles. The average molecular weight is 260 g/mol. The number of H-pyrrole nitrogens is 1. The highest BCUT2D eigenvalue weighted by atomic mass is 19.2. The second-order valence-electron chi connectivity index (χ2n) is 4.25. The number of aliphatic hydroxyl groups is 2. The number of aromatic amines is 1. The molecule has 1 aliphatic rings. The predicted molar refractivity (Wildman–Crippen MR) is 57.7 cm³/mol. The molecule has 100 valence electrons. The molecule has 7 nitrogen and oxygen atoms in total. The highest BCUT2D eigenvalue weighted by molar-refractivity contribution is 5.02. The third-order valence-electron chi connectivity index (χ3n) is 2.93. The Labute approximate surface area is 100 Å². The van der Waals surface area contributed by atoms with Gasteiger partial charge in [0.1, 0.15) is 18.9 Å². The lowest BCUT2D eigenvalue weighted by Crippen LogP contribution is -2.38. The van der Waals surface area contributed by atoms with Gasteiger partial charge in [0.2, 0.25) is 0 Å². The van der Waals surface area contributed by atoms with Crippen molar-refractivity contribution >= 4 is 0 Å². The SMILES string of the molecule is Cc1cn([C@H]2C[C@H](O)[C@@](F)(CO)O2)c(=O)[nH]c1=O. The molecule has 1 fully saturated rings. The molecule has 3 N–H and O–H groups in total. The zero-order valence-electron chi connectivity index (χ0n) is 9.59. The van der Waals surface area contributed by atoms with E-state index in [2.05, 4.69) is 0 Å². The maximum Gasteiger partial charge on any atom is 0.330 e. The molecule has 0 spiro atoms. The van der Waals surface area contributed by atoms with Crippen LogP contribution in [0.2, 0.25) is 0 Å². The van der Waals surface area contributed by atoms with Gasteiger partial charge in [0.25, 0.3) is 11.4 Å². The van der Waals surface area contributed by atoms with E-state index in [0.717, 1.165) is 4.57 Å². The molecule has 1 saturated heterocycles. The minimum atomic E-state index is -2.59. The molecular weight excluding hydrogens is 247 g/mol. The molecular formula is C10H13FN2O5. The summed E-state index contributed by atoms with van der Waals surface area (Å²) in [5.41, 5.74) is -1.04. The maximum atomic E-state index is 13.8. The van der Waals surface area contributed by atoms with Crippen molar-refractivity contribution in [3.63, 3.8) is 0 Å². The van der Waals surface area contributed by atoms with Crippen molar-refractivity contribution in [2.75, 3.05) is 6.61 Å². The van der Waals surface area contributed by atoms with Gasteiger partial charge in [0.15, 0.2) is 0 Å². The first kappa shape index (κ1) is 12.9. The van der Waals surface area contributed by atoms with E-state index in [4.69, 9.17) is 9.84 Å². The van der Waals surface area contributed by atoms with Gasteiger partial charge in [0.05, 0.1) is 0 Å². The summed E-state index contributed by atoms with van der Waals surface area (Å²) in [7, 11) is 0. The third kappa shape index (κ3) is 1.98. The van der Waals surface area contributed by atoms with Gasteiger partial charge in [-0.2, -0.15) is 0 Å². The van der Waals surface area contributed by atoms with Crippen molar-refractivity contribution in [3.05, 3.63) is 32.6 Å². The van der Waals surface area contributed by atoms with Crippen LogP contribution in [-0.4, -0.2) is 38.3 Å². The number of nitrogens with one attached hydrogen (secondary N) is 1. The van der Waals surface area contributed by atoms with E-state index < -0.39 is 36.0 Å². The monoisotopic (exact) mass is 260 g/mol. The van der Waals surface area contributed by atoms with Crippen molar-refractivity contribution in [1.82, 2.24) is 9.55 Å². The number of nitrogens with zero attached hydrogens (tertiary/aromatic N) is 1. The van der Waals surface area contributed by atoms with E-state index in [1.807, 2.05) is 4.98 Å². The highest BCUT2D eigenvalue weighted by Gasteiger charge is 2.49. The smallest absolute Gasteiger partial charge is 0.330 e. The second-order valence-corrected chi connectivity index (χ2v) is 4.25. The van der Waals surface area contributed by atoms with E-state index in [-0.39, 0.29) is 12.0 Å². The number of alkyl halides is 1. The first-order valence-electron chi connectivity index (χ1n) is 5.35. The van der Waals surface area contributed by atoms with Crippen molar-refractivity contribution in [2.24, 2.45) is 0 Å². The zero-order chi connectivity index (χ0) is 13.5. The van der Waals surface area contributed by atoms with E-state index in [9.17, 15) is 19.1 Å². The van der Waals surface area contributed by atoms with Crippen LogP contribution < -0.4 is 11.2 Å². The molecule has 0 aromatic carbocycles. The minimum Gasteiger partial charge on any atom is -0.390 e. The summed E-state index contributed by atoms with van der Waals surface area (Å²) in [6.07, 6.45) is -1.57. The first-order chi connectivity index (χ1) is 8.37. The number of halogens is 1. The zero-order valence-corrected chi connectivity index (χ0v) is 9.59. The van der Waals surface area contributed by atoms with Crippen LogP contribution in [0, 0.1) is 6.92 Å². The number of hydrogen-bond donors (Lipinski definition) is 3. The molecule has 0 amide bonds. The molecule has 0 bridgehead atoms. The van der Waals surface area contributed by atoms with E-state index >= 15 is 0 Å². The van der Waals surface area contributed by atoms with Crippen LogP contribution in [0.4, 0.5) is 4.39 Å². The molecule has 1 aromatic heterocycles. The fraction of sp³-hybridized carbons (Fsp3) is 0.600. The van der Waals surface area contributed by atoms with Crippen LogP contribution in [0.15, 0.2) is 15.8 Å². The van der Waals surface area contributed by atoms with Crippen LogP contribution in [0.3, 0.4) is 0 Å². The lowest BCUT2D eigenvalue weighted by molar-refractivity contribution is -0.207. The predicted octanol–water partition coefficient (Wildman–Crippen LogP) is -1.22. The van der Waals surface area contributed by atoms with Gasteiger partial charge in [-0.1, -0.05) is 0 Å². The number of hydrogen-bond acceptors (Lipinski definition) is 5. The molecule has 2 rings (SSSR count). The van der Waals surface area contributed by atoms with Crippen LogP contribution in [-0.2, 0) is 4.74 Å². The van der Waals surface area contributed by atoms with E-state index in [1.165, 1.54) is 13.1 Å². The maximum absolute atomic E-state index is 13.8. The molecule has 1 aliphatic heterocycles. The van der Waals surface area contributed by atoms with Crippen molar-refractivity contribution in [1.29, 1.82) is 0 Å². The number of ether oxygens (including phenoxy) is 1. The summed E-state index contributed by atoms with van der Waals surface area (Å²) in [6.45, 7) is 0.469. The number of aliphatic hydroxyl groups excluding tert-OH is 2. The summed E-state index contributed by atoms with van der Waals surface area (Å²) in [6, 6.07) is 0. The fourth-order valence-corrected chi connectivity index (χ4v) is 1.83. The van der Waals surface area contributed by atoms with Gasteiger partial charge in [-0.3, -0.25) is 14.3 Å². The van der Waals surface area contributed by atoms with Gasteiger partial charge in [0, 0.05) is 18.2 Å². The average Bonchev–Trinajstić information content (AvgIpc) is 2.61. The lowest BCUT2D eigenvalue weighted by atomic mass is 10.1. The van der Waals surface area contributed by atoms with Gasteiger partial charge in [-0.05, 0) is 6.92 Å². The van der Waals surface area contributed by atoms with Crippen molar-refractivity contribution in [2.45, 2.75) is 31.5 Å². The van der Waals surface area contributed by atoms with Crippen LogP contribution in [0.1, 0.15) is 18.2 Å². The second kappa shape index (κ2) is 4.30. The fourth-order valence-electron chi connectivity index (χ4n) is 1.83. The Hall–Kier alpha value is -1.51. The van der Waals surface area contributed by atoms with Gasteiger partial charge in [-0.25, -0.2) is 9.18 Å². The Kier molecular flexibility index (Phi) is 3.09. The van der Waals surface area contributed by atoms with Crippen LogP contribution in [0.25, 0.3) is 0 Å². The van der Waals surface area contributed by atoms with E-state index in [0.29, 0.717) is 0 Å². The van der Waals surface area contributed by atoms with Crippen LogP contribution in [0.5, 0.6) is 0 Å². The summed E-state index contributed by atoms with van der Waals surface area (Å²) in [5.74, 6) is -2.59. The molecule has 18 heavy (non-hydrogen) atoms. The molecule has 8 heteroatoms. The molecule has 2 heterocycles. The Morgan fingerprint density at radius 1 is 1.67 bits per heavy atom. The normalized spacial score (nSPS) is 31.8.